The molecule has 6 heteroatoms. The number of hydrogen-bond donors (Lipinski definition) is 1. The van der Waals surface area contributed by atoms with E-state index in [-0.39, 0.29) is 5.91 Å². The van der Waals surface area contributed by atoms with Gasteiger partial charge in [-0.1, -0.05) is 54.8 Å². The number of carbonyl (C=O) groups excluding carboxylic acids is 1. The summed E-state index contributed by atoms with van der Waals surface area (Å²) >= 11 is 6.40. The van der Waals surface area contributed by atoms with Crippen molar-refractivity contribution in [2.24, 2.45) is 0 Å². The van der Waals surface area contributed by atoms with E-state index in [2.05, 4.69) is 34.6 Å². The lowest BCUT2D eigenvalue weighted by Crippen LogP contribution is -2.12. The van der Waals surface area contributed by atoms with E-state index >= 15 is 0 Å². The molecule has 0 aliphatic rings. The van der Waals surface area contributed by atoms with Crippen molar-refractivity contribution in [3.05, 3.63) is 82.4 Å². The van der Waals surface area contributed by atoms with E-state index in [1.54, 1.807) is 23.0 Å². The lowest BCUT2D eigenvalue weighted by molar-refractivity contribution is 0.102. The van der Waals surface area contributed by atoms with Gasteiger partial charge in [0.25, 0.3) is 5.91 Å². The molecule has 1 heterocycles. The maximum atomic E-state index is 12.6. The Morgan fingerprint density at radius 1 is 1.03 bits per heavy atom. The molecule has 5 nitrogen and oxygen atoms in total. The smallest absolute Gasteiger partial charge is 0.255 e. The van der Waals surface area contributed by atoms with Crippen LogP contribution in [0.4, 0.5) is 5.69 Å². The third kappa shape index (κ3) is 4.36. The first-order valence-corrected chi connectivity index (χ1v) is 10.4. The fourth-order valence-electron chi connectivity index (χ4n) is 3.31. The first kappa shape index (κ1) is 20.1. The van der Waals surface area contributed by atoms with Crippen LogP contribution in [-0.4, -0.2) is 20.9 Å². The molecular weight excluding hydrogens is 396 g/mol. The Bertz CT molecular complexity index is 1200. The molecule has 30 heavy (non-hydrogen) atoms. The van der Waals surface area contributed by atoms with Gasteiger partial charge < -0.3 is 5.32 Å². The number of benzene rings is 3. The summed E-state index contributed by atoms with van der Waals surface area (Å²) in [5.74, 6) is -0.213. The summed E-state index contributed by atoms with van der Waals surface area (Å²) in [6.07, 6.45) is 3.43. The topological polar surface area (TPSA) is 59.8 Å². The fraction of sp³-hybridized carbons (Fsp3) is 0.208. The molecule has 0 aliphatic heterocycles. The number of anilines is 1. The third-order valence-electron chi connectivity index (χ3n) is 4.98. The molecule has 3 aromatic carbocycles. The van der Waals surface area contributed by atoms with Crippen LogP contribution in [0.2, 0.25) is 5.02 Å². The number of nitrogens with zero attached hydrogens (tertiary/aromatic N) is 3. The van der Waals surface area contributed by atoms with Crippen LogP contribution in [0.1, 0.15) is 41.3 Å². The molecule has 0 saturated heterocycles. The monoisotopic (exact) mass is 418 g/mol. The molecule has 1 amide bonds. The van der Waals surface area contributed by atoms with E-state index in [9.17, 15) is 4.79 Å². The lowest BCUT2D eigenvalue weighted by atomic mass is 10.1. The molecule has 0 fully saturated rings. The molecule has 4 aromatic rings. The summed E-state index contributed by atoms with van der Waals surface area (Å²) < 4.78 is 0. The fourth-order valence-corrected chi connectivity index (χ4v) is 3.51. The van der Waals surface area contributed by atoms with Gasteiger partial charge in [-0.2, -0.15) is 4.80 Å². The Hall–Kier alpha value is -3.18. The van der Waals surface area contributed by atoms with E-state index in [0.29, 0.717) is 27.3 Å². The zero-order chi connectivity index (χ0) is 21.1. The molecule has 1 aromatic heterocycles. The predicted molar refractivity (Wildman–Crippen MR) is 122 cm³/mol. The second kappa shape index (κ2) is 8.67. The minimum atomic E-state index is -0.213. The van der Waals surface area contributed by atoms with Gasteiger partial charge in [-0.15, -0.1) is 10.2 Å². The first-order valence-electron chi connectivity index (χ1n) is 10.1. The highest BCUT2D eigenvalue weighted by Crippen LogP contribution is 2.27. The van der Waals surface area contributed by atoms with Gasteiger partial charge in [0, 0.05) is 5.56 Å². The summed E-state index contributed by atoms with van der Waals surface area (Å²) in [5, 5.41) is 12.4. The van der Waals surface area contributed by atoms with Crippen molar-refractivity contribution < 1.29 is 4.79 Å². The Kier molecular flexibility index (Phi) is 5.81. The van der Waals surface area contributed by atoms with Crippen LogP contribution < -0.4 is 5.32 Å². The number of amides is 1. The van der Waals surface area contributed by atoms with E-state index in [0.717, 1.165) is 17.7 Å². The number of aromatic nitrogens is 3. The summed E-state index contributed by atoms with van der Waals surface area (Å²) in [6.45, 7) is 4.14. The minimum absolute atomic E-state index is 0.213. The van der Waals surface area contributed by atoms with Crippen molar-refractivity contribution >= 4 is 34.2 Å². The molecular formula is C24H23ClN4O. The minimum Gasteiger partial charge on any atom is -0.321 e. The summed E-state index contributed by atoms with van der Waals surface area (Å²) in [4.78, 5) is 14.2. The van der Waals surface area contributed by atoms with Gasteiger partial charge in [-0.05, 0) is 61.7 Å². The molecule has 0 saturated carbocycles. The largest absolute Gasteiger partial charge is 0.321 e. The zero-order valence-electron chi connectivity index (χ0n) is 17.0. The molecule has 0 aliphatic carbocycles. The van der Waals surface area contributed by atoms with E-state index in [4.69, 9.17) is 11.6 Å². The predicted octanol–water partition coefficient (Wildman–Crippen LogP) is 5.98. The van der Waals surface area contributed by atoms with Gasteiger partial charge in [-0.25, -0.2) is 0 Å². The van der Waals surface area contributed by atoms with Crippen molar-refractivity contribution in [1.29, 1.82) is 0 Å². The van der Waals surface area contributed by atoms with Crippen molar-refractivity contribution in [3.8, 4) is 5.69 Å². The van der Waals surface area contributed by atoms with Crippen LogP contribution in [0.5, 0.6) is 0 Å². The standard InChI is InChI=1S/C24H23ClN4O/c1-3-4-7-17-9-11-19(12-10-17)29-27-22-14-20(25)21(15-23(22)28-29)26-24(30)18-8-5-6-16(2)13-18/h5-6,8-15H,3-4,7H2,1-2H3,(H,26,30). The number of unbranched alkanes of at least 4 members (excludes halogenated alkanes) is 1. The Balaban J connectivity index is 1.59. The highest BCUT2D eigenvalue weighted by atomic mass is 35.5. The summed E-state index contributed by atoms with van der Waals surface area (Å²) in [6, 6.07) is 19.2. The van der Waals surface area contributed by atoms with Crippen LogP contribution in [0.15, 0.2) is 60.7 Å². The second-order valence-corrected chi connectivity index (χ2v) is 7.81. The summed E-state index contributed by atoms with van der Waals surface area (Å²) in [5.41, 5.74) is 5.63. The second-order valence-electron chi connectivity index (χ2n) is 7.40. The molecule has 0 unspecified atom stereocenters. The lowest BCUT2D eigenvalue weighted by Gasteiger charge is -2.07. The van der Waals surface area contributed by atoms with Crippen LogP contribution in [0.25, 0.3) is 16.7 Å². The maximum absolute atomic E-state index is 12.6. The van der Waals surface area contributed by atoms with Crippen LogP contribution >= 0.6 is 11.6 Å². The van der Waals surface area contributed by atoms with Crippen molar-refractivity contribution in [2.75, 3.05) is 5.32 Å². The number of rotatable bonds is 6. The molecule has 0 bridgehead atoms. The molecule has 4 rings (SSSR count). The van der Waals surface area contributed by atoms with Gasteiger partial charge in [0.15, 0.2) is 0 Å². The molecule has 0 radical (unpaired) electrons. The average Bonchev–Trinajstić information content (AvgIpc) is 3.15. The van der Waals surface area contributed by atoms with Crippen molar-refractivity contribution in [2.45, 2.75) is 33.1 Å². The number of hydrogen-bond acceptors (Lipinski definition) is 3. The Morgan fingerprint density at radius 3 is 2.47 bits per heavy atom. The van der Waals surface area contributed by atoms with Gasteiger partial charge >= 0.3 is 0 Å². The number of fused-ring (bicyclic) bond motifs is 1. The van der Waals surface area contributed by atoms with Crippen LogP contribution in [-0.2, 0) is 6.42 Å². The van der Waals surface area contributed by atoms with Crippen molar-refractivity contribution in [1.82, 2.24) is 15.0 Å². The molecule has 152 valence electrons. The van der Waals surface area contributed by atoms with Gasteiger partial charge in [0.05, 0.1) is 16.4 Å². The van der Waals surface area contributed by atoms with E-state index in [1.165, 1.54) is 18.4 Å². The van der Waals surface area contributed by atoms with Gasteiger partial charge in [0.2, 0.25) is 0 Å². The average molecular weight is 419 g/mol. The maximum Gasteiger partial charge on any atom is 0.255 e. The van der Waals surface area contributed by atoms with E-state index < -0.39 is 0 Å². The number of carbonyl (C=O) groups is 1. The number of halogens is 1. The highest BCUT2D eigenvalue weighted by molar-refractivity contribution is 6.34. The quantitative estimate of drug-likeness (QED) is 0.419. The third-order valence-corrected chi connectivity index (χ3v) is 5.30. The zero-order valence-corrected chi connectivity index (χ0v) is 17.8. The molecule has 0 spiro atoms. The van der Waals surface area contributed by atoms with Gasteiger partial charge in [-0.3, -0.25) is 4.79 Å². The van der Waals surface area contributed by atoms with Gasteiger partial charge in [0.1, 0.15) is 11.0 Å². The number of aryl methyl sites for hydroxylation is 2. The van der Waals surface area contributed by atoms with Crippen LogP contribution in [0, 0.1) is 6.92 Å². The molecule has 1 N–H and O–H groups in total. The summed E-state index contributed by atoms with van der Waals surface area (Å²) in [7, 11) is 0. The number of nitrogens with one attached hydrogen (secondary N) is 1. The van der Waals surface area contributed by atoms with Crippen molar-refractivity contribution in [3.63, 3.8) is 0 Å². The van der Waals surface area contributed by atoms with Crippen LogP contribution in [0.3, 0.4) is 0 Å². The van der Waals surface area contributed by atoms with E-state index in [1.807, 2.05) is 37.3 Å². The normalized spacial score (nSPS) is 11.0. The SMILES string of the molecule is CCCCc1ccc(-n2nc3cc(Cl)c(NC(=O)c4cccc(C)c4)cc3n2)cc1. The Labute approximate surface area is 180 Å². The highest BCUT2D eigenvalue weighted by Gasteiger charge is 2.13. The first-order chi connectivity index (χ1) is 14.5. The Morgan fingerprint density at radius 2 is 1.77 bits per heavy atom. The molecule has 0 atom stereocenters.